The van der Waals surface area contributed by atoms with E-state index in [2.05, 4.69) is 9.98 Å². The van der Waals surface area contributed by atoms with Crippen LogP contribution in [0.15, 0.2) is 53.7 Å². The van der Waals surface area contributed by atoms with Gasteiger partial charge in [-0.05, 0) is 86.7 Å². The summed E-state index contributed by atoms with van der Waals surface area (Å²) in [5.74, 6) is -1.95. The maximum atomic E-state index is 14.0. The van der Waals surface area contributed by atoms with Crippen molar-refractivity contribution in [2.24, 2.45) is 10.7 Å². The second-order valence-corrected chi connectivity index (χ2v) is 10.9. The van der Waals surface area contributed by atoms with Crippen molar-refractivity contribution >= 4 is 23.2 Å². The number of nitrogens with two attached hydrogens (primary N) is 1. The molecule has 0 aliphatic carbocycles. The molecule has 0 fully saturated rings. The molecule has 0 radical (unpaired) electrons. The van der Waals surface area contributed by atoms with Crippen LogP contribution in [-0.4, -0.2) is 35.6 Å². The maximum Gasteiger partial charge on any atom is 0.416 e. The van der Waals surface area contributed by atoms with Gasteiger partial charge in [0.25, 0.3) is 0 Å². The first kappa shape index (κ1) is 31.6. The molecule has 0 saturated carbocycles. The number of aryl methyl sites for hydroxylation is 1. The molecule has 4 rings (SSSR count). The molecule has 6 nitrogen and oxygen atoms in total. The van der Waals surface area contributed by atoms with Gasteiger partial charge in [-0.15, -0.1) is 0 Å². The Morgan fingerprint density at radius 3 is 2.00 bits per heavy atom. The molecule has 0 spiro atoms. The number of aromatic nitrogens is 1. The van der Waals surface area contributed by atoms with Crippen molar-refractivity contribution in [1.29, 1.82) is 0 Å². The van der Waals surface area contributed by atoms with Gasteiger partial charge in [0.05, 0.1) is 39.8 Å². The fraction of sp³-hybridized carbons (Fsp3) is 0.333. The third-order valence-electron chi connectivity index (χ3n) is 7.46. The van der Waals surface area contributed by atoms with Gasteiger partial charge >= 0.3 is 12.4 Å². The summed E-state index contributed by atoms with van der Waals surface area (Å²) in [7, 11) is 1.32. The van der Waals surface area contributed by atoms with E-state index < -0.39 is 58.1 Å². The molecule has 2 N–H and O–H groups in total. The van der Waals surface area contributed by atoms with Crippen LogP contribution in [0.1, 0.15) is 54.6 Å². The second-order valence-electron chi connectivity index (χ2n) is 10.9. The third-order valence-corrected chi connectivity index (χ3v) is 7.46. The Labute approximate surface area is 242 Å². The topological polar surface area (TPSA) is 88.7 Å². The number of carbonyl (C=O) groups excluding carboxylic acids is 2. The van der Waals surface area contributed by atoms with Crippen LogP contribution in [0.3, 0.4) is 0 Å². The second kappa shape index (κ2) is 11.1. The van der Waals surface area contributed by atoms with Crippen molar-refractivity contribution in [3.8, 4) is 11.1 Å². The number of amides is 2. The summed E-state index contributed by atoms with van der Waals surface area (Å²) in [5.41, 5.74) is 2.27. The Morgan fingerprint density at radius 2 is 1.49 bits per heavy atom. The molecule has 0 saturated heterocycles. The van der Waals surface area contributed by atoms with Crippen molar-refractivity contribution in [2.45, 2.75) is 57.4 Å². The van der Waals surface area contributed by atoms with E-state index in [1.165, 1.54) is 45.3 Å². The summed E-state index contributed by atoms with van der Waals surface area (Å²) < 4.78 is 95.3. The van der Waals surface area contributed by atoms with Crippen molar-refractivity contribution < 1.29 is 40.3 Å². The van der Waals surface area contributed by atoms with Crippen LogP contribution in [0.25, 0.3) is 11.1 Å². The van der Waals surface area contributed by atoms with Gasteiger partial charge in [-0.1, -0.05) is 6.07 Å². The molecular formula is C30H27F7N4O2. The largest absolute Gasteiger partial charge is 0.416 e. The van der Waals surface area contributed by atoms with Crippen molar-refractivity contribution in [1.82, 2.24) is 4.98 Å². The predicted octanol–water partition coefficient (Wildman–Crippen LogP) is 6.61. The zero-order chi connectivity index (χ0) is 32.1. The maximum absolute atomic E-state index is 14.0. The number of carbonyl (C=O) groups is 2. The number of benzene rings is 2. The zero-order valence-electron chi connectivity index (χ0n) is 23.5. The lowest BCUT2D eigenvalue weighted by Crippen LogP contribution is -2.42. The SMILES string of the molecule is Cc1cc(F)ccc1-c1cc(C2=NC(C(N)=O)CC2)ncc1N(C)C(=O)C(C)(C)c1cc(C(F)(F)F)cc(C(F)(F)F)c1. The Kier molecular flexibility index (Phi) is 8.16. The number of anilines is 1. The number of hydrogen-bond donors (Lipinski definition) is 1. The molecule has 2 amide bonds. The van der Waals surface area contributed by atoms with E-state index in [1.54, 1.807) is 13.0 Å². The highest BCUT2D eigenvalue weighted by molar-refractivity contribution is 6.06. The van der Waals surface area contributed by atoms with Crippen molar-refractivity contribution in [3.63, 3.8) is 0 Å². The van der Waals surface area contributed by atoms with E-state index in [1.807, 2.05) is 0 Å². The third kappa shape index (κ3) is 6.40. The molecule has 1 aromatic heterocycles. The minimum absolute atomic E-state index is 0.000358. The number of primary amides is 1. The molecule has 0 bridgehead atoms. The van der Waals surface area contributed by atoms with Crippen LogP contribution in [0.2, 0.25) is 0 Å². The molecule has 228 valence electrons. The van der Waals surface area contributed by atoms with Gasteiger partial charge in [0.15, 0.2) is 0 Å². The average molecular weight is 609 g/mol. The Morgan fingerprint density at radius 1 is 0.907 bits per heavy atom. The highest BCUT2D eigenvalue weighted by atomic mass is 19.4. The number of aliphatic imine (C=N–C) groups is 1. The van der Waals surface area contributed by atoms with Gasteiger partial charge in [-0.3, -0.25) is 19.6 Å². The van der Waals surface area contributed by atoms with Crippen LogP contribution in [-0.2, 0) is 27.4 Å². The summed E-state index contributed by atoms with van der Waals surface area (Å²) >= 11 is 0. The number of likely N-dealkylation sites (N-methyl/N-ethyl adjacent to an activating group) is 1. The highest BCUT2D eigenvalue weighted by Gasteiger charge is 2.41. The molecule has 2 heterocycles. The molecule has 2 aromatic carbocycles. The molecule has 1 aliphatic rings. The van der Waals surface area contributed by atoms with Gasteiger partial charge in [0.2, 0.25) is 11.8 Å². The molecule has 3 aromatic rings. The molecule has 13 heteroatoms. The summed E-state index contributed by atoms with van der Waals surface area (Å²) in [4.78, 5) is 35.3. The van der Waals surface area contributed by atoms with E-state index in [-0.39, 0.29) is 11.8 Å². The van der Waals surface area contributed by atoms with Crippen LogP contribution in [0.4, 0.5) is 36.4 Å². The van der Waals surface area contributed by atoms with Gasteiger partial charge in [-0.2, -0.15) is 26.3 Å². The van der Waals surface area contributed by atoms with Crippen LogP contribution in [0, 0.1) is 12.7 Å². The standard InChI is InChI=1S/C30H27F7N4O2/c1-15-9-19(31)5-6-20(15)21-13-24(22-7-8-23(40-22)26(38)42)39-14-25(21)41(4)27(43)28(2,3)16-10-17(29(32,33)34)12-18(11-16)30(35,36)37/h5-6,9-14,23H,7-8H2,1-4H3,(H2,38,42). The average Bonchev–Trinajstić information content (AvgIpc) is 3.42. The molecule has 43 heavy (non-hydrogen) atoms. The number of pyridine rings is 1. The Bertz CT molecular complexity index is 1600. The van der Waals surface area contributed by atoms with Crippen LogP contribution >= 0.6 is 0 Å². The van der Waals surface area contributed by atoms with Gasteiger partial charge in [-0.25, -0.2) is 4.39 Å². The summed E-state index contributed by atoms with van der Waals surface area (Å²) in [5, 5.41) is 0. The number of nitrogens with zero attached hydrogens (tertiary/aromatic N) is 3. The van der Waals surface area contributed by atoms with Crippen LogP contribution < -0.4 is 10.6 Å². The monoisotopic (exact) mass is 608 g/mol. The van der Waals surface area contributed by atoms with Crippen molar-refractivity contribution in [3.05, 3.63) is 82.4 Å². The summed E-state index contributed by atoms with van der Waals surface area (Å²) in [6.07, 6.45) is -8.10. The Balaban J connectivity index is 1.84. The van der Waals surface area contributed by atoms with Crippen molar-refractivity contribution in [2.75, 3.05) is 11.9 Å². The summed E-state index contributed by atoms with van der Waals surface area (Å²) in [6, 6.07) is 5.86. The molecule has 1 unspecified atom stereocenters. The van der Waals surface area contributed by atoms with E-state index in [0.717, 1.165) is 4.90 Å². The first-order valence-electron chi connectivity index (χ1n) is 13.0. The smallest absolute Gasteiger partial charge is 0.368 e. The van der Waals surface area contributed by atoms with Gasteiger partial charge < -0.3 is 10.6 Å². The first-order valence-corrected chi connectivity index (χ1v) is 13.0. The molecule has 1 atom stereocenters. The fourth-order valence-electron chi connectivity index (χ4n) is 4.98. The minimum atomic E-state index is -5.09. The highest BCUT2D eigenvalue weighted by Crippen LogP contribution is 2.41. The minimum Gasteiger partial charge on any atom is -0.368 e. The number of rotatable bonds is 6. The lowest BCUT2D eigenvalue weighted by molar-refractivity contribution is -0.143. The molecule has 1 aliphatic heterocycles. The lowest BCUT2D eigenvalue weighted by atomic mass is 9.81. The summed E-state index contributed by atoms with van der Waals surface area (Å²) in [6.45, 7) is 4.08. The normalized spacial score (nSPS) is 15.8. The fourth-order valence-corrected chi connectivity index (χ4v) is 4.98. The predicted molar refractivity (Wildman–Crippen MR) is 146 cm³/mol. The van der Waals surface area contributed by atoms with Gasteiger partial charge in [0, 0.05) is 12.6 Å². The first-order chi connectivity index (χ1) is 19.8. The Hall–Kier alpha value is -4.29. The lowest BCUT2D eigenvalue weighted by Gasteiger charge is -2.32. The van der Waals surface area contributed by atoms with E-state index in [0.29, 0.717) is 53.1 Å². The van der Waals surface area contributed by atoms with Crippen LogP contribution in [0.5, 0.6) is 0 Å². The van der Waals surface area contributed by atoms with Gasteiger partial charge in [0.1, 0.15) is 11.9 Å². The molecular weight excluding hydrogens is 581 g/mol. The van der Waals surface area contributed by atoms with E-state index >= 15 is 0 Å². The number of alkyl halides is 6. The number of hydrogen-bond acceptors (Lipinski definition) is 4. The number of halogens is 7. The van der Waals surface area contributed by atoms with E-state index in [9.17, 15) is 40.3 Å². The quantitative estimate of drug-likeness (QED) is 0.320. The van der Waals surface area contributed by atoms with E-state index in [4.69, 9.17) is 5.73 Å². The zero-order valence-corrected chi connectivity index (χ0v) is 23.5.